The van der Waals surface area contributed by atoms with Crippen molar-refractivity contribution < 1.29 is 5.11 Å². The van der Waals surface area contributed by atoms with Gasteiger partial charge >= 0.3 is 0 Å². The van der Waals surface area contributed by atoms with Crippen molar-refractivity contribution in [3.05, 3.63) is 65.7 Å². The Bertz CT molecular complexity index is 606. The van der Waals surface area contributed by atoms with Crippen LogP contribution in [0.1, 0.15) is 30.1 Å². The minimum atomic E-state index is -0.498. The van der Waals surface area contributed by atoms with Crippen LogP contribution in [0.2, 0.25) is 0 Å². The lowest BCUT2D eigenvalue weighted by Crippen LogP contribution is -2.37. The number of hydrogen-bond donors (Lipinski definition) is 2. The van der Waals surface area contributed by atoms with Gasteiger partial charge in [0.05, 0.1) is 6.10 Å². The molecule has 0 bridgehead atoms. The van der Waals surface area contributed by atoms with Gasteiger partial charge in [0.25, 0.3) is 0 Å². The minimum Gasteiger partial charge on any atom is -0.398 e. The number of nitrogens with two attached hydrogens (primary N) is 1. The summed E-state index contributed by atoms with van der Waals surface area (Å²) in [4.78, 5) is 2.36. The predicted molar refractivity (Wildman–Crippen MR) is 95.1 cm³/mol. The Kier molecular flexibility index (Phi) is 5.31. The number of hydrogen-bond acceptors (Lipinski definition) is 3. The third-order valence-electron chi connectivity index (χ3n) is 4.86. The van der Waals surface area contributed by atoms with E-state index in [1.807, 2.05) is 24.3 Å². The first-order valence-corrected chi connectivity index (χ1v) is 8.51. The fourth-order valence-corrected chi connectivity index (χ4v) is 3.48. The van der Waals surface area contributed by atoms with Crippen LogP contribution in [0.5, 0.6) is 0 Å². The average Bonchev–Trinajstić information content (AvgIpc) is 2.58. The molecule has 0 unspecified atom stereocenters. The molecule has 1 fully saturated rings. The zero-order valence-corrected chi connectivity index (χ0v) is 13.6. The summed E-state index contributed by atoms with van der Waals surface area (Å²) in [5.41, 5.74) is 8.92. The molecule has 3 rings (SSSR count). The fourth-order valence-electron chi connectivity index (χ4n) is 3.48. The number of nitrogens with zero attached hydrogens (tertiary/aromatic N) is 1. The molecule has 1 aliphatic rings. The van der Waals surface area contributed by atoms with Crippen LogP contribution in [0.3, 0.4) is 0 Å². The molecule has 3 heteroatoms. The summed E-state index contributed by atoms with van der Waals surface area (Å²) in [5.74, 6) is 0.757. The summed E-state index contributed by atoms with van der Waals surface area (Å²) in [6.45, 7) is 2.79. The number of benzene rings is 2. The van der Waals surface area contributed by atoms with E-state index in [0.717, 1.165) is 24.6 Å². The second-order valence-corrected chi connectivity index (χ2v) is 6.58. The Morgan fingerprint density at radius 1 is 1.00 bits per heavy atom. The highest BCUT2D eigenvalue weighted by atomic mass is 16.3. The van der Waals surface area contributed by atoms with E-state index >= 15 is 0 Å². The molecule has 0 aromatic heterocycles. The van der Waals surface area contributed by atoms with Crippen LogP contribution in [0.4, 0.5) is 5.69 Å². The Hall–Kier alpha value is -1.84. The maximum absolute atomic E-state index is 10.4. The van der Waals surface area contributed by atoms with Crippen LogP contribution < -0.4 is 5.73 Å². The van der Waals surface area contributed by atoms with Crippen molar-refractivity contribution in [2.75, 3.05) is 25.4 Å². The van der Waals surface area contributed by atoms with E-state index in [-0.39, 0.29) is 0 Å². The number of para-hydroxylation sites is 1. The topological polar surface area (TPSA) is 49.5 Å². The number of β-amino-alcohol motifs (C(OH)–C–C–N with tert-alkyl or cyclic N) is 1. The van der Waals surface area contributed by atoms with Crippen LogP contribution in [0, 0.1) is 5.92 Å². The monoisotopic (exact) mass is 310 g/mol. The highest BCUT2D eigenvalue weighted by Gasteiger charge is 2.22. The molecule has 3 nitrogen and oxygen atoms in total. The van der Waals surface area contributed by atoms with Crippen LogP contribution in [0.15, 0.2) is 54.6 Å². The lowest BCUT2D eigenvalue weighted by molar-refractivity contribution is 0.0897. The van der Waals surface area contributed by atoms with E-state index in [1.165, 1.54) is 24.8 Å². The van der Waals surface area contributed by atoms with Gasteiger partial charge in [-0.1, -0.05) is 48.5 Å². The largest absolute Gasteiger partial charge is 0.398 e. The molecule has 122 valence electrons. The second kappa shape index (κ2) is 7.62. The Labute approximate surface area is 138 Å². The zero-order valence-electron chi connectivity index (χ0n) is 13.6. The van der Waals surface area contributed by atoms with Crippen LogP contribution in [-0.4, -0.2) is 29.6 Å². The van der Waals surface area contributed by atoms with Crippen LogP contribution in [0.25, 0.3) is 0 Å². The normalized spacial score (nSPS) is 18.0. The van der Waals surface area contributed by atoms with Gasteiger partial charge in [-0.25, -0.2) is 0 Å². The van der Waals surface area contributed by atoms with Gasteiger partial charge in [0.1, 0.15) is 0 Å². The molecule has 2 aromatic rings. The Morgan fingerprint density at radius 3 is 2.35 bits per heavy atom. The molecule has 0 amide bonds. The molecule has 1 aliphatic heterocycles. The van der Waals surface area contributed by atoms with Crippen molar-refractivity contribution in [3.8, 4) is 0 Å². The fraction of sp³-hybridized carbons (Fsp3) is 0.400. The SMILES string of the molecule is Nc1ccccc1[C@H](O)CN1CCC(Cc2ccccc2)CC1. The smallest absolute Gasteiger partial charge is 0.0936 e. The van der Waals surface area contributed by atoms with Crippen molar-refractivity contribution in [1.29, 1.82) is 0 Å². The maximum atomic E-state index is 10.4. The van der Waals surface area contributed by atoms with Gasteiger partial charge in [0, 0.05) is 17.8 Å². The molecule has 2 aromatic carbocycles. The van der Waals surface area contributed by atoms with E-state index in [1.54, 1.807) is 0 Å². The number of likely N-dealkylation sites (tertiary alicyclic amines) is 1. The summed E-state index contributed by atoms with van der Waals surface area (Å²) in [6.07, 6.45) is 3.07. The van der Waals surface area contributed by atoms with Gasteiger partial charge in [-0.3, -0.25) is 0 Å². The minimum absolute atomic E-state index is 0.498. The number of anilines is 1. The lowest BCUT2D eigenvalue weighted by Gasteiger charge is -2.33. The standard InChI is InChI=1S/C20H26N2O/c21-19-9-5-4-8-18(19)20(23)15-22-12-10-17(11-13-22)14-16-6-2-1-3-7-16/h1-9,17,20,23H,10-15,21H2/t20-/m1/s1. The van der Waals surface area contributed by atoms with Crippen molar-refractivity contribution in [3.63, 3.8) is 0 Å². The Morgan fingerprint density at radius 2 is 1.65 bits per heavy atom. The summed E-state index contributed by atoms with van der Waals surface area (Å²) >= 11 is 0. The molecule has 23 heavy (non-hydrogen) atoms. The molecule has 0 spiro atoms. The van der Waals surface area contributed by atoms with Gasteiger partial charge in [0.2, 0.25) is 0 Å². The molecular weight excluding hydrogens is 284 g/mol. The van der Waals surface area contributed by atoms with E-state index < -0.39 is 6.10 Å². The van der Waals surface area contributed by atoms with Gasteiger partial charge in [-0.15, -0.1) is 0 Å². The maximum Gasteiger partial charge on any atom is 0.0936 e. The average molecular weight is 310 g/mol. The summed E-state index contributed by atoms with van der Waals surface area (Å²) in [6, 6.07) is 18.3. The quantitative estimate of drug-likeness (QED) is 0.834. The Balaban J connectivity index is 1.48. The van der Waals surface area contributed by atoms with E-state index in [0.29, 0.717) is 12.2 Å². The first-order chi connectivity index (χ1) is 11.2. The second-order valence-electron chi connectivity index (χ2n) is 6.58. The highest BCUT2D eigenvalue weighted by Crippen LogP contribution is 2.25. The molecule has 1 saturated heterocycles. The van der Waals surface area contributed by atoms with Crippen molar-refractivity contribution in [2.24, 2.45) is 5.92 Å². The third kappa shape index (κ3) is 4.34. The number of nitrogen functional groups attached to an aromatic ring is 1. The number of aliphatic hydroxyl groups is 1. The first-order valence-electron chi connectivity index (χ1n) is 8.51. The van der Waals surface area contributed by atoms with Gasteiger partial charge in [0.15, 0.2) is 0 Å². The number of piperidine rings is 1. The molecule has 3 N–H and O–H groups in total. The number of aliphatic hydroxyl groups excluding tert-OH is 1. The van der Waals surface area contributed by atoms with Crippen molar-refractivity contribution in [1.82, 2.24) is 4.90 Å². The number of rotatable bonds is 5. The van der Waals surface area contributed by atoms with Crippen LogP contribution in [-0.2, 0) is 6.42 Å². The summed E-state index contributed by atoms with van der Waals surface area (Å²) in [7, 11) is 0. The third-order valence-corrected chi connectivity index (χ3v) is 4.86. The summed E-state index contributed by atoms with van der Waals surface area (Å²) < 4.78 is 0. The zero-order chi connectivity index (χ0) is 16.1. The highest BCUT2D eigenvalue weighted by molar-refractivity contribution is 5.47. The van der Waals surface area contributed by atoms with E-state index in [2.05, 4.69) is 35.2 Å². The predicted octanol–water partition coefficient (Wildman–Crippen LogP) is 3.26. The van der Waals surface area contributed by atoms with E-state index in [9.17, 15) is 5.11 Å². The molecular formula is C20H26N2O. The molecule has 1 heterocycles. The van der Waals surface area contributed by atoms with Gasteiger partial charge < -0.3 is 15.7 Å². The van der Waals surface area contributed by atoms with E-state index in [4.69, 9.17) is 5.73 Å². The molecule has 0 radical (unpaired) electrons. The van der Waals surface area contributed by atoms with Crippen LogP contribution >= 0.6 is 0 Å². The molecule has 0 saturated carbocycles. The van der Waals surface area contributed by atoms with Crippen molar-refractivity contribution in [2.45, 2.75) is 25.4 Å². The first kappa shape index (κ1) is 16.0. The lowest BCUT2D eigenvalue weighted by atomic mass is 9.90. The van der Waals surface area contributed by atoms with Crippen molar-refractivity contribution >= 4 is 5.69 Å². The van der Waals surface area contributed by atoms with Gasteiger partial charge in [-0.05, 0) is 49.9 Å². The van der Waals surface area contributed by atoms with Gasteiger partial charge in [-0.2, -0.15) is 0 Å². The summed E-state index contributed by atoms with van der Waals surface area (Å²) in [5, 5.41) is 10.4. The molecule has 1 atom stereocenters. The molecule has 0 aliphatic carbocycles.